The van der Waals surface area contributed by atoms with E-state index in [1.54, 1.807) is 6.33 Å². The highest BCUT2D eigenvalue weighted by Crippen LogP contribution is 2.33. The predicted octanol–water partition coefficient (Wildman–Crippen LogP) is 5.21. The third kappa shape index (κ3) is 3.77. The van der Waals surface area contributed by atoms with E-state index >= 15 is 0 Å². The number of anilines is 1. The van der Waals surface area contributed by atoms with Crippen molar-refractivity contribution in [2.75, 3.05) is 5.32 Å². The number of aromatic amines is 2. The Morgan fingerprint density at radius 3 is 2.91 bits per heavy atom. The summed E-state index contributed by atoms with van der Waals surface area (Å²) in [5, 5.41) is 14.6. The number of benzene rings is 2. The summed E-state index contributed by atoms with van der Waals surface area (Å²) < 4.78 is 8.16. The van der Waals surface area contributed by atoms with Crippen molar-refractivity contribution in [3.63, 3.8) is 0 Å². The number of rotatable bonds is 4. The topological polar surface area (TPSA) is 112 Å². The number of nitrogens with one attached hydrogen (secondary N) is 3. The van der Waals surface area contributed by atoms with E-state index in [0.29, 0.717) is 32.8 Å². The molecule has 1 fully saturated rings. The molecule has 2 atom stereocenters. The largest absolute Gasteiger partial charge is 0.463 e. The van der Waals surface area contributed by atoms with Gasteiger partial charge in [-0.15, -0.1) is 0 Å². The number of hydrogen-bond acceptors (Lipinski definition) is 6. The summed E-state index contributed by atoms with van der Waals surface area (Å²) in [6.45, 7) is 1.94. The number of nitrogens with zero attached hydrogens (tertiary/aromatic N) is 2. The molecule has 3 heterocycles. The normalized spacial score (nSPS) is 18.3. The van der Waals surface area contributed by atoms with Crippen LogP contribution in [0.4, 0.5) is 5.82 Å². The number of imidazole rings is 2. The van der Waals surface area contributed by atoms with E-state index in [-0.39, 0.29) is 11.5 Å². The molecule has 8 nitrogen and oxygen atoms in total. The Hall–Kier alpha value is -3.69. The van der Waals surface area contributed by atoms with Crippen LogP contribution in [0.1, 0.15) is 31.2 Å². The SMILES string of the molecule is Cc1ccc2occ(-c3c(NC4CCCCC4O)[nH]c(=S)n3-c3ccc4nc[nH]c4c3)c(=O)c2c1. The lowest BCUT2D eigenvalue weighted by molar-refractivity contribution is 0.116. The molecule has 5 aromatic rings. The van der Waals surface area contributed by atoms with Crippen molar-refractivity contribution in [2.45, 2.75) is 44.8 Å². The van der Waals surface area contributed by atoms with Crippen molar-refractivity contribution < 1.29 is 9.52 Å². The van der Waals surface area contributed by atoms with Crippen molar-refractivity contribution in [1.82, 2.24) is 19.5 Å². The highest BCUT2D eigenvalue weighted by atomic mass is 32.1. The van der Waals surface area contributed by atoms with Gasteiger partial charge in [0, 0.05) is 0 Å². The molecule has 1 aliphatic carbocycles. The monoisotopic (exact) mass is 487 g/mol. The van der Waals surface area contributed by atoms with Crippen LogP contribution in [0.15, 0.2) is 58.2 Å². The molecule has 3 aromatic heterocycles. The smallest absolute Gasteiger partial charge is 0.202 e. The summed E-state index contributed by atoms with van der Waals surface area (Å²) in [6.07, 6.45) is 6.26. The summed E-state index contributed by atoms with van der Waals surface area (Å²) in [7, 11) is 0. The molecule has 6 rings (SSSR count). The van der Waals surface area contributed by atoms with Gasteiger partial charge in [-0.1, -0.05) is 24.5 Å². The molecule has 4 N–H and O–H groups in total. The fourth-order valence-corrected chi connectivity index (χ4v) is 5.28. The molecule has 35 heavy (non-hydrogen) atoms. The van der Waals surface area contributed by atoms with Crippen molar-refractivity contribution in [3.05, 3.63) is 69.5 Å². The Bertz CT molecular complexity index is 1680. The van der Waals surface area contributed by atoms with Crippen LogP contribution in [0.2, 0.25) is 0 Å². The minimum atomic E-state index is -0.473. The Morgan fingerprint density at radius 2 is 2.06 bits per heavy atom. The fourth-order valence-electron chi connectivity index (χ4n) is 4.98. The van der Waals surface area contributed by atoms with Gasteiger partial charge in [-0.2, -0.15) is 0 Å². The molecule has 0 bridgehead atoms. The average molecular weight is 488 g/mol. The first-order valence-electron chi connectivity index (χ1n) is 11.8. The quantitative estimate of drug-likeness (QED) is 0.259. The summed E-state index contributed by atoms with van der Waals surface area (Å²) in [5.74, 6) is 0.588. The van der Waals surface area contributed by atoms with Gasteiger partial charge in [0.15, 0.2) is 4.77 Å². The maximum atomic E-state index is 13.7. The predicted molar refractivity (Wildman–Crippen MR) is 139 cm³/mol. The standard InChI is InChI=1S/C26H25N5O3S/c1-14-6-9-22-16(10-14)24(33)17(12-34-22)23-25(29-19-4-2-3-5-21(19)32)30-26(35)31(23)15-7-8-18-20(11-15)28-13-27-18/h6-13,19,21,29,32H,2-5H2,1H3,(H,27,28)(H,30,35). The first-order chi connectivity index (χ1) is 17.0. The van der Waals surface area contributed by atoms with E-state index in [1.165, 1.54) is 6.26 Å². The molecule has 9 heteroatoms. The molecule has 0 radical (unpaired) electrons. The molecule has 0 saturated heterocycles. The van der Waals surface area contributed by atoms with E-state index in [9.17, 15) is 9.90 Å². The molecular formula is C26H25N5O3S. The third-order valence-corrected chi connectivity index (χ3v) is 7.08. The van der Waals surface area contributed by atoms with Crippen molar-refractivity contribution in [3.8, 4) is 16.9 Å². The van der Waals surface area contributed by atoms with Crippen LogP contribution < -0.4 is 10.7 Å². The molecule has 1 aliphatic rings. The molecular weight excluding hydrogens is 462 g/mol. The Kier molecular flexibility index (Phi) is 5.31. The van der Waals surface area contributed by atoms with Crippen LogP contribution in [-0.2, 0) is 0 Å². The first kappa shape index (κ1) is 21.8. The number of hydrogen-bond donors (Lipinski definition) is 4. The highest BCUT2D eigenvalue weighted by Gasteiger charge is 2.27. The van der Waals surface area contributed by atoms with Crippen molar-refractivity contribution in [2.24, 2.45) is 0 Å². The lowest BCUT2D eigenvalue weighted by atomic mass is 9.92. The van der Waals surface area contributed by atoms with Gasteiger partial charge in [0.05, 0.1) is 46.1 Å². The van der Waals surface area contributed by atoms with Crippen molar-refractivity contribution in [1.29, 1.82) is 0 Å². The van der Waals surface area contributed by atoms with Crippen LogP contribution in [0.25, 0.3) is 38.9 Å². The van der Waals surface area contributed by atoms with Gasteiger partial charge < -0.3 is 24.8 Å². The zero-order valence-electron chi connectivity index (χ0n) is 19.2. The fraction of sp³-hybridized carbons (Fsp3) is 0.269. The van der Waals surface area contributed by atoms with Crippen LogP contribution in [0, 0.1) is 11.7 Å². The average Bonchev–Trinajstić information content (AvgIpc) is 3.44. The van der Waals surface area contributed by atoms with E-state index in [0.717, 1.165) is 48.0 Å². The maximum Gasteiger partial charge on any atom is 0.202 e. The zero-order chi connectivity index (χ0) is 24.1. The van der Waals surface area contributed by atoms with Crippen molar-refractivity contribution >= 4 is 40.0 Å². The second-order valence-corrected chi connectivity index (χ2v) is 9.56. The van der Waals surface area contributed by atoms with Gasteiger partial charge in [0.2, 0.25) is 5.43 Å². The van der Waals surface area contributed by atoms with Gasteiger partial charge in [-0.25, -0.2) is 4.98 Å². The van der Waals surface area contributed by atoms with Crippen LogP contribution in [-0.4, -0.2) is 36.8 Å². The number of aryl methyl sites for hydroxylation is 1. The zero-order valence-corrected chi connectivity index (χ0v) is 20.0. The number of H-pyrrole nitrogens is 2. The summed E-state index contributed by atoms with van der Waals surface area (Å²) >= 11 is 5.75. The molecule has 178 valence electrons. The maximum absolute atomic E-state index is 13.7. The third-order valence-electron chi connectivity index (χ3n) is 6.80. The number of aromatic nitrogens is 4. The van der Waals surface area contributed by atoms with Gasteiger partial charge in [-0.05, 0) is 62.3 Å². The second-order valence-electron chi connectivity index (χ2n) is 9.17. The van der Waals surface area contributed by atoms with E-state index < -0.39 is 6.10 Å². The number of aliphatic hydroxyl groups is 1. The molecule has 2 unspecified atom stereocenters. The molecule has 1 saturated carbocycles. The Labute approximate surface area is 205 Å². The van der Waals surface area contributed by atoms with Gasteiger partial charge >= 0.3 is 0 Å². The Morgan fingerprint density at radius 1 is 1.20 bits per heavy atom. The molecule has 0 amide bonds. The minimum Gasteiger partial charge on any atom is -0.463 e. The molecule has 0 aliphatic heterocycles. The number of aliphatic hydroxyl groups excluding tert-OH is 1. The molecule has 0 spiro atoms. The summed E-state index contributed by atoms with van der Waals surface area (Å²) in [4.78, 5) is 24.4. The minimum absolute atomic E-state index is 0.145. The van der Waals surface area contributed by atoms with Gasteiger partial charge in [0.25, 0.3) is 0 Å². The lowest BCUT2D eigenvalue weighted by Gasteiger charge is -2.29. The van der Waals surface area contributed by atoms with Crippen LogP contribution >= 0.6 is 12.2 Å². The first-order valence-corrected chi connectivity index (χ1v) is 12.2. The second kappa shape index (κ2) is 8.51. The highest BCUT2D eigenvalue weighted by molar-refractivity contribution is 7.71. The van der Waals surface area contributed by atoms with Gasteiger partial charge in [-0.3, -0.25) is 9.36 Å². The number of fused-ring (bicyclic) bond motifs is 2. The van der Waals surface area contributed by atoms with Crippen LogP contribution in [0.5, 0.6) is 0 Å². The van der Waals surface area contributed by atoms with Gasteiger partial charge in [0.1, 0.15) is 23.4 Å². The molecule has 2 aromatic carbocycles. The summed E-state index contributed by atoms with van der Waals surface area (Å²) in [5.41, 5.74) is 4.78. The van der Waals surface area contributed by atoms with E-state index in [2.05, 4.69) is 20.3 Å². The van der Waals surface area contributed by atoms with E-state index in [4.69, 9.17) is 16.6 Å². The lowest BCUT2D eigenvalue weighted by Crippen LogP contribution is -2.36. The van der Waals surface area contributed by atoms with E-state index in [1.807, 2.05) is 47.9 Å². The Balaban J connectivity index is 1.59. The van der Waals surface area contributed by atoms with Crippen LogP contribution in [0.3, 0.4) is 0 Å². The summed E-state index contributed by atoms with van der Waals surface area (Å²) in [6, 6.07) is 11.2.